The van der Waals surface area contributed by atoms with E-state index in [0.717, 1.165) is 15.3 Å². The van der Waals surface area contributed by atoms with Crippen LogP contribution in [0.1, 0.15) is 16.7 Å². The van der Waals surface area contributed by atoms with Gasteiger partial charge in [0, 0.05) is 0 Å². The summed E-state index contributed by atoms with van der Waals surface area (Å²) < 4.78 is 0. The molecule has 0 heterocycles. The Morgan fingerprint density at radius 3 is 1.08 bits per heavy atom. The van der Waals surface area contributed by atoms with E-state index < -0.39 is 0 Å². The van der Waals surface area contributed by atoms with Crippen molar-refractivity contribution in [3.05, 3.63) is 34.9 Å². The fourth-order valence-electron chi connectivity index (χ4n) is 1.45. The molecule has 48 valence electrons. The van der Waals surface area contributed by atoms with Crippen molar-refractivity contribution >= 4 is 53.1 Å². The van der Waals surface area contributed by atoms with Gasteiger partial charge in [0.2, 0.25) is 0 Å². The Hall–Kier alpha value is 1.01. The van der Waals surface area contributed by atoms with Crippen LogP contribution in [-0.4, -0.2) is 53.1 Å². The van der Waals surface area contributed by atoms with Crippen LogP contribution < -0.4 is 0 Å². The topological polar surface area (TPSA) is 0 Å². The summed E-state index contributed by atoms with van der Waals surface area (Å²) in [5.41, 5.74) is 4.43. The van der Waals surface area contributed by atoms with E-state index in [4.69, 9.17) is 0 Å². The van der Waals surface area contributed by atoms with Gasteiger partial charge in [0.05, 0.1) is 0 Å². The van der Waals surface area contributed by atoms with Crippen LogP contribution in [0.5, 0.6) is 0 Å². The molecule has 0 saturated carbocycles. The summed E-state index contributed by atoms with van der Waals surface area (Å²) in [7, 11) is 0. The second-order valence-electron chi connectivity index (χ2n) is 3.22. The van der Waals surface area contributed by atoms with Gasteiger partial charge in [0.1, 0.15) is 0 Å². The van der Waals surface area contributed by atoms with E-state index in [0.29, 0.717) is 0 Å². The van der Waals surface area contributed by atoms with E-state index in [2.05, 4.69) is 71.3 Å². The first-order valence-corrected chi connectivity index (χ1v) is 4.91. The molecule has 0 bridgehead atoms. The molecule has 0 radical (unpaired) electrons. The van der Waals surface area contributed by atoms with E-state index >= 15 is 0 Å². The minimum atomic E-state index is 1.15. The first kappa shape index (κ1) is 11.1. The zero-order valence-electron chi connectivity index (χ0n) is 8.35. The molecule has 0 aliphatic carbocycles. The van der Waals surface area contributed by atoms with Crippen LogP contribution in [-0.2, 0) is 15.3 Å². The molecule has 0 saturated heterocycles. The molecule has 0 fully saturated rings. The van der Waals surface area contributed by atoms with Crippen LogP contribution in [0.4, 0.5) is 0 Å². The summed E-state index contributed by atoms with van der Waals surface area (Å²) in [4.78, 5) is 0. The molecule has 12 heavy (non-hydrogen) atoms. The minimum absolute atomic E-state index is 1.15. The van der Waals surface area contributed by atoms with Crippen molar-refractivity contribution < 1.29 is 0 Å². The number of rotatable bonds is 3. The molecule has 0 spiro atoms. The van der Waals surface area contributed by atoms with Gasteiger partial charge in [-0.1, -0.05) is 0 Å². The number of hydrogen-bond acceptors (Lipinski definition) is 0. The molecule has 0 aromatic heterocycles. The zero-order valence-corrected chi connectivity index (χ0v) is 8.35. The summed E-state index contributed by atoms with van der Waals surface area (Å²) in [5.74, 6) is 0. The molecular formula is C9H9Li3. The average molecular weight is 138 g/mol. The van der Waals surface area contributed by atoms with Gasteiger partial charge in [-0.3, -0.25) is 0 Å². The summed E-state index contributed by atoms with van der Waals surface area (Å²) in [6.07, 6.45) is 0. The Morgan fingerprint density at radius 1 is 0.667 bits per heavy atom. The summed E-state index contributed by atoms with van der Waals surface area (Å²) in [6.45, 7) is 0. The SMILES string of the molecule is [Li][CH2]c1cc([CH2][Li])cc([CH2][Li])c1. The maximum atomic E-state index is 2.32. The quantitative estimate of drug-likeness (QED) is 0.539. The molecular weight excluding hydrogens is 129 g/mol. The Kier molecular flexibility index (Phi) is 5.25. The molecule has 1 rings (SSSR count). The second kappa shape index (κ2) is 5.68. The van der Waals surface area contributed by atoms with Gasteiger partial charge >= 0.3 is 103 Å². The van der Waals surface area contributed by atoms with Crippen LogP contribution in [0, 0.1) is 0 Å². The normalized spacial score (nSPS) is 10.5. The van der Waals surface area contributed by atoms with E-state index in [1.54, 1.807) is 0 Å². The first-order valence-electron chi connectivity index (χ1n) is 4.91. The van der Waals surface area contributed by atoms with Gasteiger partial charge in [-0.05, 0) is 0 Å². The third-order valence-electron chi connectivity index (χ3n) is 2.34. The summed E-state index contributed by atoms with van der Waals surface area (Å²) >= 11 is 6.65. The third-order valence-corrected chi connectivity index (χ3v) is 2.34. The number of benzene rings is 1. The molecule has 0 unspecified atom stereocenters. The zero-order chi connectivity index (χ0) is 8.97. The summed E-state index contributed by atoms with van der Waals surface area (Å²) in [6, 6.07) is 6.96. The van der Waals surface area contributed by atoms with Crippen molar-refractivity contribution in [1.82, 2.24) is 0 Å². The third kappa shape index (κ3) is 3.05. The fourth-order valence-corrected chi connectivity index (χ4v) is 1.45. The van der Waals surface area contributed by atoms with E-state index in [-0.39, 0.29) is 0 Å². The predicted molar refractivity (Wildman–Crippen MR) is 54.8 cm³/mol. The Balaban J connectivity index is 3.01. The molecule has 0 amide bonds. The van der Waals surface area contributed by atoms with Gasteiger partial charge in [0.25, 0.3) is 0 Å². The molecule has 1 aromatic carbocycles. The molecule has 0 atom stereocenters. The number of hydrogen-bond donors (Lipinski definition) is 0. The van der Waals surface area contributed by atoms with Crippen molar-refractivity contribution in [2.75, 3.05) is 0 Å². The van der Waals surface area contributed by atoms with Gasteiger partial charge in [0.15, 0.2) is 0 Å². The van der Waals surface area contributed by atoms with Crippen molar-refractivity contribution in [3.8, 4) is 0 Å². The standard InChI is InChI=1S/C9H9.3Li/c1-7-4-8(2)6-9(3)5-7;;;/h4-6H,1-3H2;;;. The van der Waals surface area contributed by atoms with Gasteiger partial charge in [-0.2, -0.15) is 0 Å². The van der Waals surface area contributed by atoms with Crippen LogP contribution in [0.15, 0.2) is 18.2 Å². The molecule has 0 aliphatic rings. The van der Waals surface area contributed by atoms with Crippen molar-refractivity contribution in [1.29, 1.82) is 0 Å². The van der Waals surface area contributed by atoms with Crippen LogP contribution in [0.3, 0.4) is 0 Å². The van der Waals surface area contributed by atoms with Gasteiger partial charge < -0.3 is 0 Å². The van der Waals surface area contributed by atoms with E-state index in [1.165, 1.54) is 16.7 Å². The molecule has 0 N–H and O–H groups in total. The van der Waals surface area contributed by atoms with Crippen molar-refractivity contribution in [2.45, 2.75) is 15.3 Å². The van der Waals surface area contributed by atoms with Crippen molar-refractivity contribution in [3.63, 3.8) is 0 Å². The Bertz CT molecular complexity index is 203. The average Bonchev–Trinajstić information content (AvgIpc) is 2.16. The molecule has 3 heteroatoms. The van der Waals surface area contributed by atoms with Gasteiger partial charge in [-0.15, -0.1) is 0 Å². The molecule has 0 aliphatic heterocycles. The fraction of sp³-hybridized carbons (Fsp3) is 0.333. The monoisotopic (exact) mass is 138 g/mol. The van der Waals surface area contributed by atoms with E-state index in [9.17, 15) is 0 Å². The maximum absolute atomic E-state index is 2.32. The van der Waals surface area contributed by atoms with Crippen LogP contribution in [0.25, 0.3) is 0 Å². The van der Waals surface area contributed by atoms with Gasteiger partial charge in [-0.25, -0.2) is 0 Å². The summed E-state index contributed by atoms with van der Waals surface area (Å²) in [5, 5.41) is 3.46. The predicted octanol–water partition coefficient (Wildman–Crippen LogP) is 0.692. The first-order chi connectivity index (χ1) is 5.80. The molecule has 0 nitrogen and oxygen atoms in total. The Labute approximate surface area is 102 Å². The van der Waals surface area contributed by atoms with Crippen LogP contribution in [0.2, 0.25) is 0 Å². The van der Waals surface area contributed by atoms with E-state index in [1.807, 2.05) is 0 Å². The molecule has 1 aromatic rings. The van der Waals surface area contributed by atoms with Crippen LogP contribution >= 0.6 is 0 Å². The Morgan fingerprint density at radius 2 is 0.917 bits per heavy atom. The van der Waals surface area contributed by atoms with Crippen molar-refractivity contribution in [2.24, 2.45) is 0 Å². The second-order valence-corrected chi connectivity index (χ2v) is 3.22.